The maximum Gasteiger partial charge on any atom is 0.320 e. The Balaban J connectivity index is 1.99. The molecule has 2 aliphatic heterocycles. The molecule has 0 aromatic carbocycles. The van der Waals surface area contributed by atoms with Crippen molar-refractivity contribution in [2.75, 3.05) is 19.6 Å². The second-order valence-electron chi connectivity index (χ2n) is 5.80. The maximum atomic E-state index is 12.5. The van der Waals surface area contributed by atoms with E-state index in [1.807, 2.05) is 4.90 Å². The molecule has 2 atom stereocenters. The molecule has 2 aliphatic rings. The van der Waals surface area contributed by atoms with Crippen molar-refractivity contribution in [3.63, 3.8) is 0 Å². The number of nitrogens with zero attached hydrogens (tertiary/aromatic N) is 2. The summed E-state index contributed by atoms with van der Waals surface area (Å²) in [5, 5.41) is 9.09. The quantitative estimate of drug-likeness (QED) is 0.792. The SMILES string of the molecule is CC1CCCCCN1C(=O)N1CCC[C@@H](C(=O)O)C1. The van der Waals surface area contributed by atoms with Gasteiger partial charge in [0, 0.05) is 25.7 Å². The van der Waals surface area contributed by atoms with Gasteiger partial charge in [-0.3, -0.25) is 4.79 Å². The topological polar surface area (TPSA) is 60.9 Å². The number of urea groups is 1. The van der Waals surface area contributed by atoms with Gasteiger partial charge in [0.2, 0.25) is 0 Å². The molecule has 2 saturated heterocycles. The van der Waals surface area contributed by atoms with Gasteiger partial charge in [-0.05, 0) is 32.6 Å². The summed E-state index contributed by atoms with van der Waals surface area (Å²) in [5.74, 6) is -1.17. The summed E-state index contributed by atoms with van der Waals surface area (Å²) in [7, 11) is 0. The Labute approximate surface area is 114 Å². The van der Waals surface area contributed by atoms with Crippen LogP contribution in [0.2, 0.25) is 0 Å². The highest BCUT2D eigenvalue weighted by Gasteiger charge is 2.32. The van der Waals surface area contributed by atoms with E-state index in [4.69, 9.17) is 5.11 Å². The van der Waals surface area contributed by atoms with Crippen molar-refractivity contribution in [3.8, 4) is 0 Å². The number of carboxylic acids is 1. The van der Waals surface area contributed by atoms with Crippen molar-refractivity contribution in [1.29, 1.82) is 0 Å². The van der Waals surface area contributed by atoms with Crippen molar-refractivity contribution in [1.82, 2.24) is 9.80 Å². The fourth-order valence-corrected chi connectivity index (χ4v) is 3.09. The van der Waals surface area contributed by atoms with Gasteiger partial charge in [-0.2, -0.15) is 0 Å². The lowest BCUT2D eigenvalue weighted by Gasteiger charge is -2.37. The van der Waals surface area contributed by atoms with Crippen LogP contribution in [0.25, 0.3) is 0 Å². The van der Waals surface area contributed by atoms with Gasteiger partial charge in [0.15, 0.2) is 0 Å². The Morgan fingerprint density at radius 2 is 1.84 bits per heavy atom. The van der Waals surface area contributed by atoms with E-state index < -0.39 is 5.97 Å². The lowest BCUT2D eigenvalue weighted by Crippen LogP contribution is -2.51. The van der Waals surface area contributed by atoms with Gasteiger partial charge in [0.25, 0.3) is 0 Å². The zero-order valence-electron chi connectivity index (χ0n) is 11.7. The van der Waals surface area contributed by atoms with Crippen LogP contribution >= 0.6 is 0 Å². The number of rotatable bonds is 1. The lowest BCUT2D eigenvalue weighted by molar-refractivity contribution is -0.143. The van der Waals surface area contributed by atoms with Gasteiger partial charge in [0.1, 0.15) is 0 Å². The molecule has 0 aliphatic carbocycles. The molecule has 0 bridgehead atoms. The molecule has 1 unspecified atom stereocenters. The summed E-state index contributed by atoms with van der Waals surface area (Å²) in [6.45, 7) is 3.99. The fourth-order valence-electron chi connectivity index (χ4n) is 3.09. The normalized spacial score (nSPS) is 28.9. The van der Waals surface area contributed by atoms with E-state index in [1.165, 1.54) is 12.8 Å². The van der Waals surface area contributed by atoms with Crippen molar-refractivity contribution in [2.24, 2.45) is 5.92 Å². The molecule has 5 heteroatoms. The molecule has 108 valence electrons. The average Bonchev–Trinajstić information content (AvgIpc) is 2.63. The van der Waals surface area contributed by atoms with E-state index in [9.17, 15) is 9.59 Å². The first-order chi connectivity index (χ1) is 9.09. The van der Waals surface area contributed by atoms with Gasteiger partial charge in [-0.15, -0.1) is 0 Å². The number of amides is 2. The van der Waals surface area contributed by atoms with Crippen molar-refractivity contribution >= 4 is 12.0 Å². The molecule has 2 heterocycles. The zero-order chi connectivity index (χ0) is 13.8. The summed E-state index contributed by atoms with van der Waals surface area (Å²) in [6.07, 6.45) is 5.97. The molecule has 0 saturated carbocycles. The largest absolute Gasteiger partial charge is 0.481 e. The first-order valence-corrected chi connectivity index (χ1v) is 7.38. The van der Waals surface area contributed by atoms with Gasteiger partial charge < -0.3 is 14.9 Å². The van der Waals surface area contributed by atoms with Crippen LogP contribution in [0.15, 0.2) is 0 Å². The van der Waals surface area contributed by atoms with Crippen molar-refractivity contribution < 1.29 is 14.7 Å². The number of carboxylic acid groups (broad SMARTS) is 1. The van der Waals surface area contributed by atoms with Crippen LogP contribution < -0.4 is 0 Å². The number of carbonyl (C=O) groups is 2. The minimum absolute atomic E-state index is 0.0420. The second kappa shape index (κ2) is 6.26. The van der Waals surface area contributed by atoms with E-state index in [1.54, 1.807) is 4.90 Å². The number of hydrogen-bond acceptors (Lipinski definition) is 2. The molecule has 19 heavy (non-hydrogen) atoms. The van der Waals surface area contributed by atoms with Crippen LogP contribution in [0.5, 0.6) is 0 Å². The minimum Gasteiger partial charge on any atom is -0.481 e. The van der Waals surface area contributed by atoms with Gasteiger partial charge in [0.05, 0.1) is 5.92 Å². The van der Waals surface area contributed by atoms with Crippen LogP contribution in [0.3, 0.4) is 0 Å². The van der Waals surface area contributed by atoms with Crippen LogP contribution in [-0.2, 0) is 4.79 Å². The summed E-state index contributed by atoms with van der Waals surface area (Å²) < 4.78 is 0. The average molecular weight is 268 g/mol. The third-order valence-corrected chi connectivity index (χ3v) is 4.34. The summed E-state index contributed by atoms with van der Waals surface area (Å²) in [4.78, 5) is 27.3. The Hall–Kier alpha value is -1.26. The number of hydrogen-bond donors (Lipinski definition) is 1. The monoisotopic (exact) mass is 268 g/mol. The first kappa shape index (κ1) is 14.2. The standard InChI is InChI=1S/C14H24N2O3/c1-11-6-3-2-4-9-16(11)14(19)15-8-5-7-12(10-15)13(17)18/h11-12H,2-10H2,1H3,(H,17,18)/t11?,12-/m1/s1. The Morgan fingerprint density at radius 3 is 2.58 bits per heavy atom. The summed E-state index contributed by atoms with van der Waals surface area (Å²) in [6, 6.07) is 0.320. The number of aliphatic carboxylic acids is 1. The van der Waals surface area contributed by atoms with Crippen LogP contribution in [-0.4, -0.2) is 52.6 Å². The lowest BCUT2D eigenvalue weighted by atomic mass is 9.98. The maximum absolute atomic E-state index is 12.5. The molecule has 0 aromatic heterocycles. The van der Waals surface area contributed by atoms with Crippen LogP contribution in [0.4, 0.5) is 4.79 Å². The molecule has 0 aromatic rings. The fraction of sp³-hybridized carbons (Fsp3) is 0.857. The smallest absolute Gasteiger partial charge is 0.320 e. The van der Waals surface area contributed by atoms with E-state index in [2.05, 4.69) is 6.92 Å². The molecule has 2 fully saturated rings. The number of likely N-dealkylation sites (tertiary alicyclic amines) is 2. The molecular weight excluding hydrogens is 244 g/mol. The highest BCUT2D eigenvalue weighted by atomic mass is 16.4. The van der Waals surface area contributed by atoms with E-state index in [-0.39, 0.29) is 18.0 Å². The molecule has 5 nitrogen and oxygen atoms in total. The first-order valence-electron chi connectivity index (χ1n) is 7.38. The molecule has 2 rings (SSSR count). The van der Waals surface area contributed by atoms with Gasteiger partial charge >= 0.3 is 12.0 Å². The Morgan fingerprint density at radius 1 is 1.05 bits per heavy atom. The number of carbonyl (C=O) groups excluding carboxylic acids is 1. The predicted octanol–water partition coefficient (Wildman–Crippen LogP) is 2.17. The third-order valence-electron chi connectivity index (χ3n) is 4.34. The summed E-state index contributed by atoms with van der Waals surface area (Å²) >= 11 is 0. The highest BCUT2D eigenvalue weighted by molar-refractivity contribution is 5.77. The zero-order valence-corrected chi connectivity index (χ0v) is 11.7. The molecule has 0 spiro atoms. The van der Waals surface area contributed by atoms with Gasteiger partial charge in [-0.25, -0.2) is 4.79 Å². The van der Waals surface area contributed by atoms with E-state index in [0.717, 1.165) is 25.8 Å². The van der Waals surface area contributed by atoms with Crippen molar-refractivity contribution in [2.45, 2.75) is 51.5 Å². The highest BCUT2D eigenvalue weighted by Crippen LogP contribution is 2.22. The molecule has 1 N–H and O–H groups in total. The molecule has 2 amide bonds. The predicted molar refractivity (Wildman–Crippen MR) is 72.0 cm³/mol. The molecular formula is C14H24N2O3. The second-order valence-corrected chi connectivity index (χ2v) is 5.80. The summed E-state index contributed by atoms with van der Waals surface area (Å²) in [5.41, 5.74) is 0. The van der Waals surface area contributed by atoms with Crippen LogP contribution in [0, 0.1) is 5.92 Å². The molecule has 0 radical (unpaired) electrons. The third kappa shape index (κ3) is 3.39. The van der Waals surface area contributed by atoms with Gasteiger partial charge in [-0.1, -0.05) is 12.8 Å². The van der Waals surface area contributed by atoms with Crippen LogP contribution in [0.1, 0.15) is 45.4 Å². The number of piperidine rings is 1. The Bertz CT molecular complexity index is 346. The van der Waals surface area contributed by atoms with E-state index >= 15 is 0 Å². The minimum atomic E-state index is -0.776. The Kier molecular flexibility index (Phi) is 4.66. The van der Waals surface area contributed by atoms with E-state index in [0.29, 0.717) is 19.5 Å². The van der Waals surface area contributed by atoms with Crippen molar-refractivity contribution in [3.05, 3.63) is 0 Å².